The normalized spacial score (nSPS) is 10.3. The van der Waals surface area contributed by atoms with Crippen molar-refractivity contribution >= 4 is 5.82 Å². The number of aromatic nitrogens is 2. The molecular formula is C10H18N4O. The summed E-state index contributed by atoms with van der Waals surface area (Å²) in [5.41, 5.74) is 6.26. The van der Waals surface area contributed by atoms with Crippen LogP contribution in [-0.2, 0) is 4.74 Å². The lowest BCUT2D eigenvalue weighted by Gasteiger charge is -2.05. The zero-order valence-corrected chi connectivity index (χ0v) is 9.07. The lowest BCUT2D eigenvalue weighted by Crippen LogP contribution is -2.11. The molecule has 3 N–H and O–H groups in total. The minimum atomic E-state index is 0.582. The number of ether oxygens (including phenoxy) is 1. The molecule has 0 aromatic carbocycles. The molecule has 84 valence electrons. The fourth-order valence-electron chi connectivity index (χ4n) is 1.13. The summed E-state index contributed by atoms with van der Waals surface area (Å²) in [6.45, 7) is 4.73. The average molecular weight is 210 g/mol. The van der Waals surface area contributed by atoms with E-state index in [9.17, 15) is 0 Å². The standard InChI is InChI=1S/C10H18N4O/c1-9-7-10(14-8-13-9)12-4-2-5-15-6-3-11/h7-8H,2-6,11H2,1H3,(H,12,13,14). The highest BCUT2D eigenvalue weighted by Crippen LogP contribution is 2.01. The molecule has 0 aliphatic heterocycles. The summed E-state index contributed by atoms with van der Waals surface area (Å²) in [6, 6.07) is 1.92. The van der Waals surface area contributed by atoms with E-state index in [4.69, 9.17) is 10.5 Å². The first-order chi connectivity index (χ1) is 7.33. The van der Waals surface area contributed by atoms with Gasteiger partial charge in [0.15, 0.2) is 0 Å². The Kier molecular flexibility index (Phi) is 5.65. The van der Waals surface area contributed by atoms with Crippen LogP contribution in [0.5, 0.6) is 0 Å². The Labute approximate surface area is 90.1 Å². The van der Waals surface area contributed by atoms with Crippen molar-refractivity contribution in [3.63, 3.8) is 0 Å². The zero-order chi connectivity index (χ0) is 10.9. The highest BCUT2D eigenvalue weighted by Gasteiger charge is 1.94. The Morgan fingerprint density at radius 3 is 3.00 bits per heavy atom. The Bertz CT molecular complexity index is 280. The first-order valence-electron chi connectivity index (χ1n) is 5.13. The molecule has 0 atom stereocenters. The molecular weight excluding hydrogens is 192 g/mol. The summed E-state index contributed by atoms with van der Waals surface area (Å²) < 4.78 is 5.25. The molecule has 15 heavy (non-hydrogen) atoms. The second kappa shape index (κ2) is 7.14. The van der Waals surface area contributed by atoms with E-state index < -0.39 is 0 Å². The van der Waals surface area contributed by atoms with E-state index in [1.807, 2.05) is 13.0 Å². The van der Waals surface area contributed by atoms with Crippen molar-refractivity contribution in [1.29, 1.82) is 0 Å². The average Bonchev–Trinajstić information content (AvgIpc) is 2.23. The number of nitrogens with two attached hydrogens (primary N) is 1. The summed E-state index contributed by atoms with van der Waals surface area (Å²) in [4.78, 5) is 8.11. The predicted octanol–water partition coefficient (Wildman–Crippen LogP) is 0.562. The van der Waals surface area contributed by atoms with E-state index in [0.29, 0.717) is 13.2 Å². The molecule has 1 aromatic rings. The van der Waals surface area contributed by atoms with E-state index in [1.54, 1.807) is 6.33 Å². The number of nitrogens with zero attached hydrogens (tertiary/aromatic N) is 2. The summed E-state index contributed by atoms with van der Waals surface area (Å²) in [5, 5.41) is 3.20. The van der Waals surface area contributed by atoms with Gasteiger partial charge >= 0.3 is 0 Å². The molecule has 0 saturated heterocycles. The topological polar surface area (TPSA) is 73.1 Å². The Hall–Kier alpha value is -1.20. The van der Waals surface area contributed by atoms with Crippen LogP contribution in [0.1, 0.15) is 12.1 Å². The van der Waals surface area contributed by atoms with Crippen LogP contribution in [0.15, 0.2) is 12.4 Å². The molecule has 0 aliphatic rings. The monoisotopic (exact) mass is 210 g/mol. The largest absolute Gasteiger partial charge is 0.380 e. The van der Waals surface area contributed by atoms with Crippen molar-refractivity contribution in [3.05, 3.63) is 18.1 Å². The van der Waals surface area contributed by atoms with Gasteiger partial charge in [-0.25, -0.2) is 9.97 Å². The quantitative estimate of drug-likeness (QED) is 0.643. The number of rotatable bonds is 7. The summed E-state index contributed by atoms with van der Waals surface area (Å²) in [7, 11) is 0. The van der Waals surface area contributed by atoms with Crippen LogP contribution < -0.4 is 11.1 Å². The van der Waals surface area contributed by atoms with Gasteiger partial charge in [0.1, 0.15) is 12.1 Å². The molecule has 0 fully saturated rings. The van der Waals surface area contributed by atoms with Gasteiger partial charge in [0.2, 0.25) is 0 Å². The Balaban J connectivity index is 2.10. The van der Waals surface area contributed by atoms with Gasteiger partial charge < -0.3 is 15.8 Å². The third-order valence-electron chi connectivity index (χ3n) is 1.84. The number of hydrogen-bond acceptors (Lipinski definition) is 5. The molecule has 0 aliphatic carbocycles. The van der Waals surface area contributed by atoms with Gasteiger partial charge in [-0.15, -0.1) is 0 Å². The lowest BCUT2D eigenvalue weighted by molar-refractivity contribution is 0.141. The molecule has 5 nitrogen and oxygen atoms in total. The molecule has 0 unspecified atom stereocenters. The molecule has 1 aromatic heterocycles. The third-order valence-corrected chi connectivity index (χ3v) is 1.84. The first kappa shape index (κ1) is 11.9. The molecule has 0 bridgehead atoms. The molecule has 0 amide bonds. The van der Waals surface area contributed by atoms with Crippen molar-refractivity contribution in [1.82, 2.24) is 9.97 Å². The van der Waals surface area contributed by atoms with Crippen molar-refractivity contribution in [2.45, 2.75) is 13.3 Å². The molecule has 0 saturated carbocycles. The van der Waals surface area contributed by atoms with Crippen LogP contribution in [0.2, 0.25) is 0 Å². The maximum absolute atomic E-state index is 5.29. The first-order valence-corrected chi connectivity index (χ1v) is 5.13. The van der Waals surface area contributed by atoms with Crippen molar-refractivity contribution < 1.29 is 4.74 Å². The van der Waals surface area contributed by atoms with Gasteiger partial charge in [0, 0.05) is 31.5 Å². The maximum atomic E-state index is 5.29. The Morgan fingerprint density at radius 2 is 2.27 bits per heavy atom. The minimum absolute atomic E-state index is 0.582. The molecule has 0 radical (unpaired) electrons. The fourth-order valence-corrected chi connectivity index (χ4v) is 1.13. The fraction of sp³-hybridized carbons (Fsp3) is 0.600. The summed E-state index contributed by atoms with van der Waals surface area (Å²) in [5.74, 6) is 0.862. The SMILES string of the molecule is Cc1cc(NCCCOCCN)ncn1. The van der Waals surface area contributed by atoms with Crippen LogP contribution in [0.25, 0.3) is 0 Å². The summed E-state index contributed by atoms with van der Waals surface area (Å²) >= 11 is 0. The molecule has 1 rings (SSSR count). The van der Waals surface area contributed by atoms with E-state index in [0.717, 1.165) is 31.1 Å². The van der Waals surface area contributed by atoms with Gasteiger partial charge in [0.05, 0.1) is 6.61 Å². The van der Waals surface area contributed by atoms with Crippen LogP contribution in [0, 0.1) is 6.92 Å². The maximum Gasteiger partial charge on any atom is 0.129 e. The number of hydrogen-bond donors (Lipinski definition) is 2. The van der Waals surface area contributed by atoms with E-state index in [1.165, 1.54) is 0 Å². The van der Waals surface area contributed by atoms with Crippen LogP contribution in [-0.4, -0.2) is 36.3 Å². The third kappa shape index (κ3) is 5.29. The van der Waals surface area contributed by atoms with Crippen LogP contribution in [0.3, 0.4) is 0 Å². The molecule has 0 spiro atoms. The van der Waals surface area contributed by atoms with E-state index in [2.05, 4.69) is 15.3 Å². The lowest BCUT2D eigenvalue weighted by atomic mass is 10.4. The van der Waals surface area contributed by atoms with Crippen LogP contribution >= 0.6 is 0 Å². The zero-order valence-electron chi connectivity index (χ0n) is 9.07. The van der Waals surface area contributed by atoms with Crippen LogP contribution in [0.4, 0.5) is 5.82 Å². The van der Waals surface area contributed by atoms with E-state index in [-0.39, 0.29) is 0 Å². The number of aryl methyl sites for hydroxylation is 1. The van der Waals surface area contributed by atoms with Gasteiger partial charge in [0.25, 0.3) is 0 Å². The number of anilines is 1. The second-order valence-corrected chi connectivity index (χ2v) is 3.23. The van der Waals surface area contributed by atoms with Crippen molar-refractivity contribution in [2.75, 3.05) is 31.6 Å². The van der Waals surface area contributed by atoms with Gasteiger partial charge in [-0.1, -0.05) is 0 Å². The molecule has 1 heterocycles. The second-order valence-electron chi connectivity index (χ2n) is 3.23. The van der Waals surface area contributed by atoms with Crippen molar-refractivity contribution in [3.8, 4) is 0 Å². The molecule has 5 heteroatoms. The van der Waals surface area contributed by atoms with E-state index >= 15 is 0 Å². The van der Waals surface area contributed by atoms with Gasteiger partial charge in [-0.2, -0.15) is 0 Å². The highest BCUT2D eigenvalue weighted by atomic mass is 16.5. The van der Waals surface area contributed by atoms with Gasteiger partial charge in [-0.05, 0) is 13.3 Å². The highest BCUT2D eigenvalue weighted by molar-refractivity contribution is 5.33. The Morgan fingerprint density at radius 1 is 1.40 bits per heavy atom. The summed E-state index contributed by atoms with van der Waals surface area (Å²) in [6.07, 6.45) is 2.51. The minimum Gasteiger partial charge on any atom is -0.380 e. The van der Waals surface area contributed by atoms with Crippen molar-refractivity contribution in [2.24, 2.45) is 5.73 Å². The number of nitrogens with one attached hydrogen (secondary N) is 1. The smallest absolute Gasteiger partial charge is 0.129 e. The van der Waals surface area contributed by atoms with Gasteiger partial charge in [-0.3, -0.25) is 0 Å². The predicted molar refractivity (Wildman–Crippen MR) is 59.7 cm³/mol.